The maximum Gasteiger partial charge on any atom is 0.132 e. The number of hydrogen-bond acceptors (Lipinski definition) is 3. The lowest BCUT2D eigenvalue weighted by Crippen LogP contribution is -1.91. The highest BCUT2D eigenvalue weighted by molar-refractivity contribution is 5.89. The van der Waals surface area contributed by atoms with Gasteiger partial charge < -0.3 is 15.3 Å². The van der Waals surface area contributed by atoms with E-state index in [-0.39, 0.29) is 0 Å². The third-order valence-electron chi connectivity index (χ3n) is 4.07. The molecular weight excluding hydrogens is 334 g/mol. The largest absolute Gasteiger partial charge is 0.383 e. The Kier molecular flexibility index (Phi) is 8.52. The zero-order chi connectivity index (χ0) is 20.6. The summed E-state index contributed by atoms with van der Waals surface area (Å²) in [4.78, 5) is 11.3. The molecule has 0 fully saturated rings. The van der Waals surface area contributed by atoms with Crippen molar-refractivity contribution in [3.8, 4) is 0 Å². The maximum absolute atomic E-state index is 5.64. The van der Waals surface area contributed by atoms with Gasteiger partial charge in [0.15, 0.2) is 0 Å². The zero-order valence-corrected chi connectivity index (χ0v) is 17.9. The van der Waals surface area contributed by atoms with Crippen LogP contribution in [0.3, 0.4) is 0 Å². The van der Waals surface area contributed by atoms with Gasteiger partial charge in [-0.2, -0.15) is 0 Å². The van der Waals surface area contributed by atoms with Crippen molar-refractivity contribution in [1.82, 2.24) is 19.5 Å². The molecule has 3 N–H and O–H groups in total. The molecule has 0 saturated heterocycles. The second kappa shape index (κ2) is 10.4. The second-order valence-electron chi connectivity index (χ2n) is 5.85. The number of rotatable bonds is 0. The molecule has 0 aromatic carbocycles. The van der Waals surface area contributed by atoms with E-state index in [0.717, 1.165) is 16.6 Å². The summed E-state index contributed by atoms with van der Waals surface area (Å²) in [7, 11) is 2.09. The van der Waals surface area contributed by atoms with Gasteiger partial charge in [-0.3, -0.25) is 4.98 Å². The molecule has 146 valence electrons. The Hall–Kier alpha value is -2.82. The number of hydrogen-bond donors (Lipinski definition) is 2. The van der Waals surface area contributed by atoms with Crippen LogP contribution in [0.4, 0.5) is 5.82 Å². The molecule has 4 rings (SSSR count). The minimum absolute atomic E-state index is 0.590. The summed E-state index contributed by atoms with van der Waals surface area (Å²) in [5, 5.41) is 2.24. The molecule has 0 atom stereocenters. The lowest BCUT2D eigenvalue weighted by Gasteiger charge is -2.00. The van der Waals surface area contributed by atoms with Gasteiger partial charge in [0, 0.05) is 47.8 Å². The van der Waals surface area contributed by atoms with Crippen LogP contribution >= 0.6 is 0 Å². The van der Waals surface area contributed by atoms with Gasteiger partial charge in [-0.1, -0.05) is 27.7 Å². The Bertz CT molecular complexity index is 979. The molecule has 5 nitrogen and oxygen atoms in total. The fourth-order valence-corrected chi connectivity index (χ4v) is 2.86. The Morgan fingerprint density at radius 3 is 2.26 bits per heavy atom. The molecule has 0 bridgehead atoms. The van der Waals surface area contributed by atoms with Crippen LogP contribution in [-0.4, -0.2) is 19.5 Å². The lowest BCUT2D eigenvalue weighted by molar-refractivity contribution is 0.913. The minimum atomic E-state index is 0.590. The highest BCUT2D eigenvalue weighted by atomic mass is 14.9. The summed E-state index contributed by atoms with van der Waals surface area (Å²) in [6, 6.07) is 6.08. The van der Waals surface area contributed by atoms with Gasteiger partial charge in [0.25, 0.3) is 0 Å². The van der Waals surface area contributed by atoms with Crippen LogP contribution in [0.25, 0.3) is 21.8 Å². The highest BCUT2D eigenvalue weighted by Gasteiger charge is 2.03. The summed E-state index contributed by atoms with van der Waals surface area (Å²) in [5.74, 6) is 0.590. The molecule has 0 unspecified atom stereocenters. The van der Waals surface area contributed by atoms with E-state index in [1.165, 1.54) is 22.2 Å². The van der Waals surface area contributed by atoms with Crippen LogP contribution in [0.1, 0.15) is 44.6 Å². The monoisotopic (exact) mass is 367 g/mol. The number of nitrogens with one attached hydrogen (secondary N) is 1. The number of aromatic amines is 1. The molecule has 0 radical (unpaired) electrons. The first-order valence-electron chi connectivity index (χ1n) is 9.54. The maximum atomic E-state index is 5.64. The summed E-state index contributed by atoms with van der Waals surface area (Å²) in [6.45, 7) is 14.2. The third kappa shape index (κ3) is 5.09. The van der Waals surface area contributed by atoms with E-state index in [1.54, 1.807) is 6.20 Å². The number of fused-ring (bicyclic) bond motifs is 2. The van der Waals surface area contributed by atoms with Crippen LogP contribution in [0.15, 0.2) is 36.8 Å². The Labute approximate surface area is 162 Å². The zero-order valence-electron chi connectivity index (χ0n) is 17.9. The minimum Gasteiger partial charge on any atom is -0.383 e. The molecule has 0 aliphatic heterocycles. The van der Waals surface area contributed by atoms with Crippen molar-refractivity contribution in [2.75, 3.05) is 5.73 Å². The van der Waals surface area contributed by atoms with Gasteiger partial charge in [0.2, 0.25) is 0 Å². The Balaban J connectivity index is 0.000000229. The third-order valence-corrected chi connectivity index (χ3v) is 4.07. The van der Waals surface area contributed by atoms with E-state index in [2.05, 4.69) is 46.5 Å². The Morgan fingerprint density at radius 2 is 1.67 bits per heavy atom. The molecule has 0 spiro atoms. The number of nitrogen functional groups attached to an aromatic ring is 1. The van der Waals surface area contributed by atoms with Crippen LogP contribution in [0.5, 0.6) is 0 Å². The van der Waals surface area contributed by atoms with E-state index in [4.69, 9.17) is 5.73 Å². The molecule has 0 aliphatic rings. The van der Waals surface area contributed by atoms with Gasteiger partial charge in [-0.25, -0.2) is 4.98 Å². The van der Waals surface area contributed by atoms with Crippen molar-refractivity contribution in [3.63, 3.8) is 0 Å². The van der Waals surface area contributed by atoms with E-state index in [9.17, 15) is 0 Å². The van der Waals surface area contributed by atoms with E-state index in [0.29, 0.717) is 5.82 Å². The van der Waals surface area contributed by atoms with E-state index < -0.39 is 0 Å². The first kappa shape index (κ1) is 22.2. The average molecular weight is 368 g/mol. The van der Waals surface area contributed by atoms with Crippen LogP contribution in [-0.2, 0) is 7.05 Å². The molecular formula is C22H33N5. The predicted molar refractivity (Wildman–Crippen MR) is 118 cm³/mol. The van der Waals surface area contributed by atoms with E-state index in [1.807, 2.05) is 59.1 Å². The van der Waals surface area contributed by atoms with Gasteiger partial charge in [-0.15, -0.1) is 0 Å². The van der Waals surface area contributed by atoms with Crippen molar-refractivity contribution < 1.29 is 0 Å². The number of aryl methyl sites for hydroxylation is 4. The molecule has 4 aromatic heterocycles. The van der Waals surface area contributed by atoms with Crippen LogP contribution in [0, 0.1) is 20.8 Å². The molecule has 5 heteroatoms. The normalized spacial score (nSPS) is 9.63. The number of aromatic nitrogens is 4. The fourth-order valence-electron chi connectivity index (χ4n) is 2.86. The van der Waals surface area contributed by atoms with E-state index >= 15 is 0 Å². The van der Waals surface area contributed by atoms with Gasteiger partial charge in [-0.05, 0) is 44.5 Å². The SMILES string of the molecule is CC.CC.Cc1cc2c(N)nccc2[nH]1.Cc1cncc2cc(C)n(C)c12. The van der Waals surface area contributed by atoms with Crippen molar-refractivity contribution in [2.45, 2.75) is 48.5 Å². The second-order valence-corrected chi connectivity index (χ2v) is 5.85. The molecule has 0 amide bonds. The van der Waals surface area contributed by atoms with Crippen molar-refractivity contribution in [2.24, 2.45) is 7.05 Å². The van der Waals surface area contributed by atoms with Crippen molar-refractivity contribution in [1.29, 1.82) is 0 Å². The summed E-state index contributed by atoms with van der Waals surface area (Å²) in [5.41, 5.74) is 11.6. The number of anilines is 1. The summed E-state index contributed by atoms with van der Waals surface area (Å²) < 4.78 is 2.20. The standard InChI is InChI=1S/C10H12N2.C8H9N3.2C2H6/c1-7-5-11-6-9-4-8(2)12(3)10(7)9;1-5-4-6-7(11-5)2-3-10-8(6)9;2*1-2/h4-6H,1-3H3;2-4,11H,1H3,(H2,9,10);2*1-2H3. The van der Waals surface area contributed by atoms with Crippen molar-refractivity contribution >= 4 is 27.6 Å². The first-order valence-corrected chi connectivity index (χ1v) is 9.54. The molecule has 0 saturated carbocycles. The Morgan fingerprint density at radius 1 is 1.00 bits per heavy atom. The molecule has 4 aromatic rings. The number of pyridine rings is 2. The predicted octanol–water partition coefficient (Wildman–Crippen LogP) is 5.70. The van der Waals surface area contributed by atoms with Gasteiger partial charge in [0.05, 0.1) is 11.0 Å². The first-order chi connectivity index (χ1) is 13.0. The smallest absolute Gasteiger partial charge is 0.132 e. The average Bonchev–Trinajstić information content (AvgIpc) is 3.20. The van der Waals surface area contributed by atoms with Crippen LogP contribution in [0.2, 0.25) is 0 Å². The highest BCUT2D eigenvalue weighted by Crippen LogP contribution is 2.20. The quantitative estimate of drug-likeness (QED) is 0.419. The van der Waals surface area contributed by atoms with Crippen LogP contribution < -0.4 is 5.73 Å². The number of nitrogens with zero attached hydrogens (tertiary/aromatic N) is 3. The van der Waals surface area contributed by atoms with Crippen molar-refractivity contribution in [3.05, 3.63) is 53.7 Å². The number of H-pyrrole nitrogens is 1. The molecule has 27 heavy (non-hydrogen) atoms. The summed E-state index contributed by atoms with van der Waals surface area (Å²) in [6.07, 6.45) is 5.52. The molecule has 4 heterocycles. The molecule has 0 aliphatic carbocycles. The lowest BCUT2D eigenvalue weighted by atomic mass is 10.2. The fraction of sp³-hybridized carbons (Fsp3) is 0.364. The van der Waals surface area contributed by atoms with Gasteiger partial charge >= 0.3 is 0 Å². The van der Waals surface area contributed by atoms with Gasteiger partial charge in [0.1, 0.15) is 5.82 Å². The summed E-state index contributed by atoms with van der Waals surface area (Å²) >= 11 is 0. The topological polar surface area (TPSA) is 72.5 Å². The number of nitrogens with two attached hydrogens (primary N) is 1.